The molecule has 116 valence electrons. The molecule has 0 saturated carbocycles. The number of benzene rings is 1. The van der Waals surface area contributed by atoms with Crippen LogP contribution in [0.25, 0.3) is 11.3 Å². The summed E-state index contributed by atoms with van der Waals surface area (Å²) < 4.78 is 1.75. The number of likely N-dealkylation sites (N-methyl/N-ethyl adjacent to an activating group) is 1. The van der Waals surface area contributed by atoms with Crippen molar-refractivity contribution in [2.45, 2.75) is 6.42 Å². The predicted octanol–water partition coefficient (Wildman–Crippen LogP) is 2.61. The first-order valence-electron chi connectivity index (χ1n) is 7.63. The molecule has 1 aliphatic rings. The largest absolute Gasteiger partial charge is 0.374 e. The molecule has 1 aliphatic heterocycles. The van der Waals surface area contributed by atoms with Gasteiger partial charge in [-0.3, -0.25) is 4.68 Å². The average molecular weight is 306 g/mol. The van der Waals surface area contributed by atoms with Crippen molar-refractivity contribution in [1.29, 1.82) is 0 Å². The topological polar surface area (TPSA) is 58.9 Å². The average Bonchev–Trinajstić information content (AvgIpc) is 3.14. The molecule has 2 aromatic heterocycles. The quantitative estimate of drug-likeness (QED) is 0.806. The molecule has 0 amide bonds. The lowest BCUT2D eigenvalue weighted by Gasteiger charge is -2.12. The van der Waals surface area contributed by atoms with Crippen LogP contribution in [-0.4, -0.2) is 33.3 Å². The van der Waals surface area contributed by atoms with Crippen molar-refractivity contribution in [2.24, 2.45) is 7.05 Å². The zero-order valence-electron chi connectivity index (χ0n) is 13.2. The van der Waals surface area contributed by atoms with Crippen LogP contribution in [0.15, 0.2) is 42.7 Å². The van der Waals surface area contributed by atoms with Gasteiger partial charge in [-0.25, -0.2) is 9.97 Å². The van der Waals surface area contributed by atoms with Crippen LogP contribution < -0.4 is 10.2 Å². The minimum atomic E-state index is 0.573. The number of nitrogens with one attached hydrogen (secondary N) is 1. The standard InChI is InChI=1S/C17H18N6/c1-22-10-7-13-11-12(3-4-15(13)22)14-5-8-18-17(20-14)21-16-6-9-19-23(16)2/h3-6,8-9,11H,7,10H2,1-2H3,(H,18,20,21). The zero-order chi connectivity index (χ0) is 15.8. The molecule has 0 radical (unpaired) electrons. The van der Waals surface area contributed by atoms with Gasteiger partial charge in [0.25, 0.3) is 0 Å². The Hall–Kier alpha value is -2.89. The molecule has 3 heterocycles. The fourth-order valence-electron chi connectivity index (χ4n) is 2.92. The number of rotatable bonds is 3. The first-order valence-corrected chi connectivity index (χ1v) is 7.63. The monoisotopic (exact) mass is 306 g/mol. The summed E-state index contributed by atoms with van der Waals surface area (Å²) in [6.07, 6.45) is 4.61. The fraction of sp³-hybridized carbons (Fsp3) is 0.235. The molecule has 0 fully saturated rings. The highest BCUT2D eigenvalue weighted by atomic mass is 15.3. The number of nitrogens with zero attached hydrogens (tertiary/aromatic N) is 5. The Kier molecular flexibility index (Phi) is 3.22. The Labute approximate surface area is 134 Å². The van der Waals surface area contributed by atoms with Gasteiger partial charge >= 0.3 is 0 Å². The molecule has 1 aromatic carbocycles. The molecular formula is C17H18N6. The minimum Gasteiger partial charge on any atom is -0.374 e. The first-order chi connectivity index (χ1) is 11.2. The van der Waals surface area contributed by atoms with Crippen LogP contribution in [0.1, 0.15) is 5.56 Å². The van der Waals surface area contributed by atoms with Crippen LogP contribution in [0.3, 0.4) is 0 Å². The van der Waals surface area contributed by atoms with Gasteiger partial charge in [0.2, 0.25) is 5.95 Å². The van der Waals surface area contributed by atoms with Crippen molar-refractivity contribution in [2.75, 3.05) is 23.8 Å². The molecule has 6 heteroatoms. The van der Waals surface area contributed by atoms with Gasteiger partial charge in [0.05, 0.1) is 11.9 Å². The molecule has 0 spiro atoms. The van der Waals surface area contributed by atoms with E-state index in [1.54, 1.807) is 17.1 Å². The summed E-state index contributed by atoms with van der Waals surface area (Å²) >= 11 is 0. The highest BCUT2D eigenvalue weighted by molar-refractivity contribution is 5.69. The maximum Gasteiger partial charge on any atom is 0.228 e. The van der Waals surface area contributed by atoms with Gasteiger partial charge < -0.3 is 10.2 Å². The van der Waals surface area contributed by atoms with Crippen molar-refractivity contribution < 1.29 is 0 Å². The Morgan fingerprint density at radius 2 is 2.00 bits per heavy atom. The van der Waals surface area contributed by atoms with E-state index in [4.69, 9.17) is 0 Å². The second-order valence-electron chi connectivity index (χ2n) is 5.75. The molecule has 0 aliphatic carbocycles. The van der Waals surface area contributed by atoms with Crippen molar-refractivity contribution in [3.8, 4) is 11.3 Å². The fourth-order valence-corrected chi connectivity index (χ4v) is 2.92. The second-order valence-corrected chi connectivity index (χ2v) is 5.75. The third-order valence-corrected chi connectivity index (χ3v) is 4.22. The van der Waals surface area contributed by atoms with Crippen LogP contribution >= 0.6 is 0 Å². The summed E-state index contributed by atoms with van der Waals surface area (Å²) in [7, 11) is 4.01. The maximum absolute atomic E-state index is 4.63. The van der Waals surface area contributed by atoms with Gasteiger partial charge in [-0.1, -0.05) is 6.07 Å². The third-order valence-electron chi connectivity index (χ3n) is 4.22. The molecule has 23 heavy (non-hydrogen) atoms. The smallest absolute Gasteiger partial charge is 0.228 e. The number of fused-ring (bicyclic) bond motifs is 1. The summed E-state index contributed by atoms with van der Waals surface area (Å²) in [6.45, 7) is 1.08. The molecule has 0 atom stereocenters. The number of hydrogen-bond donors (Lipinski definition) is 1. The van der Waals surface area contributed by atoms with E-state index in [2.05, 4.69) is 50.5 Å². The van der Waals surface area contributed by atoms with Crippen LogP contribution in [0.2, 0.25) is 0 Å². The van der Waals surface area contributed by atoms with E-state index < -0.39 is 0 Å². The molecule has 4 rings (SSSR count). The van der Waals surface area contributed by atoms with Crippen LogP contribution in [-0.2, 0) is 13.5 Å². The second kappa shape index (κ2) is 5.39. The van der Waals surface area contributed by atoms with E-state index in [1.807, 2.05) is 19.2 Å². The van der Waals surface area contributed by atoms with E-state index in [1.165, 1.54) is 11.3 Å². The summed E-state index contributed by atoms with van der Waals surface area (Å²) in [5.74, 6) is 1.43. The van der Waals surface area contributed by atoms with E-state index in [-0.39, 0.29) is 0 Å². The Balaban J connectivity index is 1.65. The number of anilines is 3. The van der Waals surface area contributed by atoms with E-state index in [0.717, 1.165) is 30.0 Å². The predicted molar refractivity (Wildman–Crippen MR) is 90.9 cm³/mol. The molecular weight excluding hydrogens is 288 g/mol. The molecule has 1 N–H and O–H groups in total. The Morgan fingerprint density at radius 1 is 1.09 bits per heavy atom. The van der Waals surface area contributed by atoms with Gasteiger partial charge in [0, 0.05) is 44.2 Å². The maximum atomic E-state index is 4.63. The zero-order valence-corrected chi connectivity index (χ0v) is 13.2. The molecule has 0 unspecified atom stereocenters. The number of aryl methyl sites for hydroxylation is 1. The number of aromatic nitrogens is 4. The first kappa shape index (κ1) is 13.8. The van der Waals surface area contributed by atoms with Crippen molar-refractivity contribution >= 4 is 17.5 Å². The lowest BCUT2D eigenvalue weighted by Crippen LogP contribution is -2.12. The van der Waals surface area contributed by atoms with Crippen molar-refractivity contribution in [3.05, 3.63) is 48.3 Å². The lowest BCUT2D eigenvalue weighted by molar-refractivity contribution is 0.775. The van der Waals surface area contributed by atoms with Crippen LogP contribution in [0, 0.1) is 0 Å². The Bertz CT molecular complexity index is 854. The number of hydrogen-bond acceptors (Lipinski definition) is 5. The highest BCUT2D eigenvalue weighted by Gasteiger charge is 2.16. The van der Waals surface area contributed by atoms with Gasteiger partial charge in [-0.05, 0) is 30.2 Å². The summed E-state index contributed by atoms with van der Waals surface area (Å²) in [6, 6.07) is 10.4. The molecule has 3 aromatic rings. The third kappa shape index (κ3) is 2.52. The summed E-state index contributed by atoms with van der Waals surface area (Å²) in [5, 5.41) is 7.33. The van der Waals surface area contributed by atoms with E-state index in [9.17, 15) is 0 Å². The molecule has 0 bridgehead atoms. The van der Waals surface area contributed by atoms with Gasteiger partial charge in [0.15, 0.2) is 0 Å². The summed E-state index contributed by atoms with van der Waals surface area (Å²) in [5.41, 5.74) is 4.73. The van der Waals surface area contributed by atoms with Crippen LogP contribution in [0.4, 0.5) is 17.5 Å². The van der Waals surface area contributed by atoms with Crippen molar-refractivity contribution in [3.63, 3.8) is 0 Å². The van der Waals surface area contributed by atoms with Crippen molar-refractivity contribution in [1.82, 2.24) is 19.7 Å². The molecule has 0 saturated heterocycles. The normalized spacial score (nSPS) is 13.2. The van der Waals surface area contributed by atoms with Crippen LogP contribution in [0.5, 0.6) is 0 Å². The Morgan fingerprint density at radius 3 is 2.83 bits per heavy atom. The SMILES string of the molecule is CN1CCc2cc(-c3ccnc(Nc4ccnn4C)n3)ccc21. The van der Waals surface area contributed by atoms with E-state index in [0.29, 0.717) is 5.95 Å². The minimum absolute atomic E-state index is 0.573. The summed E-state index contributed by atoms with van der Waals surface area (Å²) in [4.78, 5) is 11.2. The van der Waals surface area contributed by atoms with E-state index >= 15 is 0 Å². The highest BCUT2D eigenvalue weighted by Crippen LogP contribution is 2.30. The lowest BCUT2D eigenvalue weighted by atomic mass is 10.1. The van der Waals surface area contributed by atoms with Gasteiger partial charge in [-0.15, -0.1) is 0 Å². The molecule has 6 nitrogen and oxygen atoms in total. The van der Waals surface area contributed by atoms with Gasteiger partial charge in [-0.2, -0.15) is 5.10 Å². The van der Waals surface area contributed by atoms with Gasteiger partial charge in [0.1, 0.15) is 5.82 Å².